The van der Waals surface area contributed by atoms with Crippen molar-refractivity contribution in [3.63, 3.8) is 0 Å². The zero-order valence-corrected chi connectivity index (χ0v) is 15.1. The van der Waals surface area contributed by atoms with Crippen LogP contribution in [0.2, 0.25) is 0 Å². The normalized spacial score (nSPS) is 12.4. The van der Waals surface area contributed by atoms with E-state index in [-0.39, 0.29) is 11.9 Å². The molecule has 0 aliphatic carbocycles. The van der Waals surface area contributed by atoms with Crippen LogP contribution in [-0.4, -0.2) is 23.9 Å². The number of amides is 1. The van der Waals surface area contributed by atoms with E-state index in [0.717, 1.165) is 24.3 Å². The van der Waals surface area contributed by atoms with Gasteiger partial charge in [0.1, 0.15) is 6.04 Å². The van der Waals surface area contributed by atoms with Gasteiger partial charge in [-0.15, -0.1) is 0 Å². The number of likely N-dealkylation sites (N-methyl/N-ethyl adjacent to an activating group) is 1. The molecule has 2 aromatic rings. The minimum atomic E-state index is -0.272. The zero-order valence-electron chi connectivity index (χ0n) is 15.1. The van der Waals surface area contributed by atoms with Gasteiger partial charge in [-0.25, -0.2) is 0 Å². The third kappa shape index (κ3) is 4.45. The molecule has 3 nitrogen and oxygen atoms in total. The largest absolute Gasteiger partial charge is 0.324 e. The van der Waals surface area contributed by atoms with E-state index in [2.05, 4.69) is 50.0 Å². The van der Waals surface area contributed by atoms with Gasteiger partial charge in [-0.3, -0.25) is 9.69 Å². The molecule has 0 aromatic heterocycles. The number of carbonyl (C=O) groups is 1. The summed E-state index contributed by atoms with van der Waals surface area (Å²) in [7, 11) is 0. The van der Waals surface area contributed by atoms with Crippen molar-refractivity contribution in [1.29, 1.82) is 0 Å². The van der Waals surface area contributed by atoms with Crippen LogP contribution in [0.15, 0.2) is 54.6 Å². The van der Waals surface area contributed by atoms with Gasteiger partial charge in [-0.05, 0) is 42.3 Å². The molecule has 0 aliphatic heterocycles. The lowest BCUT2D eigenvalue weighted by molar-refractivity contribution is -0.121. The first-order valence-electron chi connectivity index (χ1n) is 8.76. The van der Waals surface area contributed by atoms with E-state index in [9.17, 15) is 4.79 Å². The Balaban J connectivity index is 2.21. The third-order valence-electron chi connectivity index (χ3n) is 4.39. The van der Waals surface area contributed by atoms with Crippen molar-refractivity contribution < 1.29 is 4.79 Å². The lowest BCUT2D eigenvalue weighted by atomic mass is 10.0. The Labute approximate surface area is 145 Å². The highest BCUT2D eigenvalue weighted by Gasteiger charge is 2.25. The number of hydrogen-bond donors (Lipinski definition) is 1. The minimum Gasteiger partial charge on any atom is -0.324 e. The van der Waals surface area contributed by atoms with Crippen molar-refractivity contribution in [3.05, 3.63) is 65.7 Å². The average Bonchev–Trinajstić information content (AvgIpc) is 2.60. The Morgan fingerprint density at radius 1 is 0.917 bits per heavy atom. The van der Waals surface area contributed by atoms with Crippen molar-refractivity contribution in [3.8, 4) is 0 Å². The lowest BCUT2D eigenvalue weighted by Crippen LogP contribution is -2.37. The van der Waals surface area contributed by atoms with Crippen LogP contribution in [0.3, 0.4) is 0 Å². The fourth-order valence-corrected chi connectivity index (χ4v) is 2.91. The summed E-state index contributed by atoms with van der Waals surface area (Å²) in [5, 5.41) is 3.08. The van der Waals surface area contributed by atoms with E-state index < -0.39 is 0 Å². The fraction of sp³-hybridized carbons (Fsp3) is 0.381. The summed E-state index contributed by atoms with van der Waals surface area (Å²) in [6, 6.07) is 17.8. The summed E-state index contributed by atoms with van der Waals surface area (Å²) in [6.45, 7) is 10.2. The molecular formula is C21H28N2O. The van der Waals surface area contributed by atoms with Gasteiger partial charge >= 0.3 is 0 Å². The highest BCUT2D eigenvalue weighted by atomic mass is 16.2. The average molecular weight is 324 g/mol. The number of benzene rings is 2. The maximum absolute atomic E-state index is 12.9. The van der Waals surface area contributed by atoms with Crippen molar-refractivity contribution >= 4 is 11.6 Å². The van der Waals surface area contributed by atoms with Gasteiger partial charge in [-0.1, -0.05) is 70.2 Å². The monoisotopic (exact) mass is 324 g/mol. The van der Waals surface area contributed by atoms with Crippen molar-refractivity contribution in [2.75, 3.05) is 18.4 Å². The van der Waals surface area contributed by atoms with Crippen LogP contribution in [-0.2, 0) is 4.79 Å². The maximum Gasteiger partial charge on any atom is 0.246 e. The summed E-state index contributed by atoms with van der Waals surface area (Å²) in [4.78, 5) is 15.1. The summed E-state index contributed by atoms with van der Waals surface area (Å²) in [6.07, 6.45) is 0. The number of anilines is 1. The van der Waals surface area contributed by atoms with Gasteiger partial charge in [-0.2, -0.15) is 0 Å². The van der Waals surface area contributed by atoms with Gasteiger partial charge in [0, 0.05) is 5.69 Å². The van der Waals surface area contributed by atoms with E-state index >= 15 is 0 Å². The second-order valence-electron chi connectivity index (χ2n) is 6.30. The fourth-order valence-electron chi connectivity index (χ4n) is 2.91. The predicted octanol–water partition coefficient (Wildman–Crippen LogP) is 4.83. The van der Waals surface area contributed by atoms with E-state index in [1.54, 1.807) is 0 Å². The Bertz CT molecular complexity index is 631. The zero-order chi connectivity index (χ0) is 17.5. The SMILES string of the molecule is CCN(CC)[C@H](C(=O)Nc1ccc(C(C)C)cc1)c1ccccc1. The van der Waals surface area contributed by atoms with Crippen LogP contribution < -0.4 is 5.32 Å². The maximum atomic E-state index is 12.9. The number of rotatable bonds is 7. The standard InChI is InChI=1S/C21H28N2O/c1-5-23(6-2)20(18-10-8-7-9-11-18)21(24)22-19-14-12-17(13-15-19)16(3)4/h7-16,20H,5-6H2,1-4H3,(H,22,24)/t20-/m0/s1. The molecule has 0 radical (unpaired) electrons. The second kappa shape index (κ2) is 8.65. The summed E-state index contributed by atoms with van der Waals surface area (Å²) in [5.41, 5.74) is 3.14. The van der Waals surface area contributed by atoms with E-state index in [4.69, 9.17) is 0 Å². The molecule has 1 amide bonds. The first-order valence-corrected chi connectivity index (χ1v) is 8.76. The van der Waals surface area contributed by atoms with Crippen LogP contribution in [0.25, 0.3) is 0 Å². The smallest absolute Gasteiger partial charge is 0.246 e. The molecule has 0 unspecified atom stereocenters. The van der Waals surface area contributed by atoms with Gasteiger partial charge in [0.2, 0.25) is 5.91 Å². The first kappa shape index (κ1) is 18.2. The molecule has 1 N–H and O–H groups in total. The molecule has 2 aromatic carbocycles. The van der Waals surface area contributed by atoms with Crippen LogP contribution >= 0.6 is 0 Å². The van der Waals surface area contributed by atoms with Gasteiger partial charge in [0.15, 0.2) is 0 Å². The molecule has 0 saturated heterocycles. The minimum absolute atomic E-state index is 0.0159. The molecule has 2 rings (SSSR count). The summed E-state index contributed by atoms with van der Waals surface area (Å²) in [5.74, 6) is 0.504. The Hall–Kier alpha value is -2.13. The summed E-state index contributed by atoms with van der Waals surface area (Å²) >= 11 is 0. The molecule has 0 aliphatic rings. The molecule has 128 valence electrons. The number of carbonyl (C=O) groups excluding carboxylic acids is 1. The molecular weight excluding hydrogens is 296 g/mol. The number of nitrogens with one attached hydrogen (secondary N) is 1. The van der Waals surface area contributed by atoms with Crippen LogP contribution in [0.5, 0.6) is 0 Å². The Morgan fingerprint density at radius 2 is 1.50 bits per heavy atom. The van der Waals surface area contributed by atoms with Crippen molar-refractivity contribution in [2.24, 2.45) is 0 Å². The van der Waals surface area contributed by atoms with Gasteiger partial charge < -0.3 is 5.32 Å². The second-order valence-corrected chi connectivity index (χ2v) is 6.30. The molecule has 0 spiro atoms. The summed E-state index contributed by atoms with van der Waals surface area (Å²) < 4.78 is 0. The van der Waals surface area contributed by atoms with Gasteiger partial charge in [0.05, 0.1) is 0 Å². The van der Waals surface area contributed by atoms with Crippen LogP contribution in [0.4, 0.5) is 5.69 Å². The first-order chi connectivity index (χ1) is 11.6. The van der Waals surface area contributed by atoms with Crippen LogP contribution in [0.1, 0.15) is 50.8 Å². The highest BCUT2D eigenvalue weighted by Crippen LogP contribution is 2.23. The van der Waals surface area contributed by atoms with Crippen LogP contribution in [0, 0.1) is 0 Å². The highest BCUT2D eigenvalue weighted by molar-refractivity contribution is 5.95. The molecule has 1 atom stereocenters. The van der Waals surface area contributed by atoms with E-state index in [1.165, 1.54) is 5.56 Å². The molecule has 0 bridgehead atoms. The van der Waals surface area contributed by atoms with Gasteiger partial charge in [0.25, 0.3) is 0 Å². The Morgan fingerprint density at radius 3 is 2.00 bits per heavy atom. The lowest BCUT2D eigenvalue weighted by Gasteiger charge is -2.29. The number of nitrogens with zero attached hydrogens (tertiary/aromatic N) is 1. The molecule has 3 heteroatoms. The van der Waals surface area contributed by atoms with Crippen molar-refractivity contribution in [2.45, 2.75) is 39.7 Å². The molecule has 24 heavy (non-hydrogen) atoms. The molecule has 0 heterocycles. The number of hydrogen-bond acceptors (Lipinski definition) is 2. The topological polar surface area (TPSA) is 32.3 Å². The molecule has 0 fully saturated rings. The molecule has 0 saturated carbocycles. The quantitative estimate of drug-likeness (QED) is 0.791. The predicted molar refractivity (Wildman–Crippen MR) is 101 cm³/mol. The Kier molecular flexibility index (Phi) is 6.56. The third-order valence-corrected chi connectivity index (χ3v) is 4.39. The van der Waals surface area contributed by atoms with E-state index in [1.807, 2.05) is 42.5 Å². The van der Waals surface area contributed by atoms with E-state index in [0.29, 0.717) is 5.92 Å². The van der Waals surface area contributed by atoms with Crippen molar-refractivity contribution in [1.82, 2.24) is 4.90 Å².